The van der Waals surface area contributed by atoms with Crippen LogP contribution in [0.1, 0.15) is 31.7 Å². The summed E-state index contributed by atoms with van der Waals surface area (Å²) in [6.45, 7) is 5.69. The molecule has 0 aliphatic heterocycles. The second-order valence-electron chi connectivity index (χ2n) is 6.44. The van der Waals surface area contributed by atoms with Crippen molar-refractivity contribution in [3.8, 4) is 0 Å². The lowest BCUT2D eigenvalue weighted by atomic mass is 10.1. The van der Waals surface area contributed by atoms with Gasteiger partial charge in [0, 0.05) is 18.3 Å². The molecule has 5 nitrogen and oxygen atoms in total. The molecule has 3 N–H and O–H groups in total. The molecule has 0 spiro atoms. The zero-order chi connectivity index (χ0) is 17.8. The van der Waals surface area contributed by atoms with E-state index in [9.17, 15) is 4.79 Å². The molecule has 0 radical (unpaired) electrons. The number of anilines is 1. The van der Waals surface area contributed by atoms with Crippen molar-refractivity contribution in [3.63, 3.8) is 0 Å². The van der Waals surface area contributed by atoms with Crippen LogP contribution in [0.25, 0.3) is 10.9 Å². The zero-order valence-corrected chi connectivity index (χ0v) is 14.7. The highest BCUT2D eigenvalue weighted by Gasteiger charge is 2.15. The van der Waals surface area contributed by atoms with Gasteiger partial charge in [-0.15, -0.1) is 0 Å². The molecule has 1 unspecified atom stereocenters. The number of hydrogen-bond acceptors (Lipinski definition) is 4. The fraction of sp³-hybridized carbons (Fsp3) is 0.300. The summed E-state index contributed by atoms with van der Waals surface area (Å²) in [5.41, 5.74) is 8.46. The van der Waals surface area contributed by atoms with E-state index in [0.29, 0.717) is 23.8 Å². The van der Waals surface area contributed by atoms with Crippen LogP contribution in [0.4, 0.5) is 5.69 Å². The molecule has 25 heavy (non-hydrogen) atoms. The summed E-state index contributed by atoms with van der Waals surface area (Å²) in [6.07, 6.45) is 1.01. The predicted molar refractivity (Wildman–Crippen MR) is 102 cm³/mol. The molecule has 1 atom stereocenters. The third-order valence-electron chi connectivity index (χ3n) is 4.57. The topological polar surface area (TPSA) is 75.0 Å². The van der Waals surface area contributed by atoms with Crippen LogP contribution in [0.5, 0.6) is 0 Å². The van der Waals surface area contributed by atoms with Gasteiger partial charge < -0.3 is 10.7 Å². The predicted octanol–water partition coefficient (Wildman–Crippen LogP) is 3.31. The second kappa shape index (κ2) is 7.49. The van der Waals surface area contributed by atoms with Crippen molar-refractivity contribution in [2.75, 3.05) is 5.73 Å². The molecule has 5 heteroatoms. The van der Waals surface area contributed by atoms with Gasteiger partial charge in [-0.1, -0.05) is 31.2 Å². The van der Waals surface area contributed by atoms with Crippen molar-refractivity contribution in [1.29, 1.82) is 0 Å². The standard InChI is InChI=1S/C20H24N4O/c1-3-14(2)24(12-15-7-6-8-16(21)11-15)13-19-22-18-10-5-4-9-17(18)20(25)23-19/h4-11,14H,3,12-13,21H2,1-2H3,(H,22,23,25). The first-order chi connectivity index (χ1) is 12.1. The van der Waals surface area contributed by atoms with Gasteiger partial charge in [0.2, 0.25) is 0 Å². The Bertz CT molecular complexity index is 919. The van der Waals surface area contributed by atoms with Gasteiger partial charge in [-0.3, -0.25) is 9.69 Å². The fourth-order valence-corrected chi connectivity index (χ4v) is 2.95. The van der Waals surface area contributed by atoms with E-state index in [1.807, 2.05) is 36.4 Å². The van der Waals surface area contributed by atoms with Crippen LogP contribution >= 0.6 is 0 Å². The summed E-state index contributed by atoms with van der Waals surface area (Å²) in [5, 5.41) is 0.622. The first-order valence-corrected chi connectivity index (χ1v) is 8.63. The number of rotatable bonds is 6. The van der Waals surface area contributed by atoms with Crippen molar-refractivity contribution < 1.29 is 0 Å². The lowest BCUT2D eigenvalue weighted by Gasteiger charge is -2.28. The van der Waals surface area contributed by atoms with Gasteiger partial charge in [0.05, 0.1) is 17.4 Å². The quantitative estimate of drug-likeness (QED) is 0.677. The largest absolute Gasteiger partial charge is 0.399 e. The molecule has 130 valence electrons. The van der Waals surface area contributed by atoms with Crippen molar-refractivity contribution in [1.82, 2.24) is 14.9 Å². The minimum atomic E-state index is -0.0892. The van der Waals surface area contributed by atoms with E-state index in [0.717, 1.165) is 29.7 Å². The van der Waals surface area contributed by atoms with Gasteiger partial charge in [0.1, 0.15) is 5.82 Å². The van der Waals surface area contributed by atoms with Crippen LogP contribution in [-0.2, 0) is 13.1 Å². The number of nitrogen functional groups attached to an aromatic ring is 1. The number of nitrogens with zero attached hydrogens (tertiary/aromatic N) is 2. The van der Waals surface area contributed by atoms with Crippen molar-refractivity contribution in [2.24, 2.45) is 0 Å². The van der Waals surface area contributed by atoms with E-state index in [-0.39, 0.29) is 5.56 Å². The maximum absolute atomic E-state index is 12.3. The molecule has 0 fully saturated rings. The Kier molecular flexibility index (Phi) is 5.14. The highest BCUT2D eigenvalue weighted by Crippen LogP contribution is 2.16. The van der Waals surface area contributed by atoms with Gasteiger partial charge in [-0.25, -0.2) is 4.98 Å². The van der Waals surface area contributed by atoms with E-state index in [2.05, 4.69) is 34.8 Å². The van der Waals surface area contributed by atoms with Gasteiger partial charge in [-0.05, 0) is 43.2 Å². The summed E-state index contributed by atoms with van der Waals surface area (Å²) in [5.74, 6) is 0.688. The van der Waals surface area contributed by atoms with Crippen molar-refractivity contribution in [2.45, 2.75) is 39.4 Å². The molecule has 0 amide bonds. The van der Waals surface area contributed by atoms with Gasteiger partial charge in [0.25, 0.3) is 5.56 Å². The Labute approximate surface area is 147 Å². The van der Waals surface area contributed by atoms with Crippen molar-refractivity contribution >= 4 is 16.6 Å². The Morgan fingerprint density at radius 1 is 1.16 bits per heavy atom. The summed E-state index contributed by atoms with van der Waals surface area (Å²) in [7, 11) is 0. The first kappa shape index (κ1) is 17.2. The van der Waals surface area contributed by atoms with Crippen LogP contribution in [0.3, 0.4) is 0 Å². The maximum Gasteiger partial charge on any atom is 0.258 e. The first-order valence-electron chi connectivity index (χ1n) is 8.63. The fourth-order valence-electron chi connectivity index (χ4n) is 2.95. The van der Waals surface area contributed by atoms with Crippen LogP contribution in [0.2, 0.25) is 0 Å². The third-order valence-corrected chi connectivity index (χ3v) is 4.57. The Balaban J connectivity index is 1.89. The molecule has 0 aliphatic rings. The van der Waals surface area contributed by atoms with E-state index in [1.54, 1.807) is 6.07 Å². The van der Waals surface area contributed by atoms with Crippen LogP contribution in [0, 0.1) is 0 Å². The molecule has 0 bridgehead atoms. The number of nitrogens with one attached hydrogen (secondary N) is 1. The van der Waals surface area contributed by atoms with E-state index >= 15 is 0 Å². The van der Waals surface area contributed by atoms with Crippen LogP contribution in [-0.4, -0.2) is 20.9 Å². The van der Waals surface area contributed by atoms with E-state index in [1.165, 1.54) is 0 Å². The molecule has 1 heterocycles. The van der Waals surface area contributed by atoms with Crippen LogP contribution in [0.15, 0.2) is 53.3 Å². The monoisotopic (exact) mass is 336 g/mol. The average molecular weight is 336 g/mol. The Hall–Kier alpha value is -2.66. The molecule has 3 rings (SSSR count). The SMILES string of the molecule is CCC(C)N(Cc1cccc(N)c1)Cc1nc2ccccc2c(=O)[nH]1. The van der Waals surface area contributed by atoms with Gasteiger partial charge >= 0.3 is 0 Å². The smallest absolute Gasteiger partial charge is 0.258 e. The number of aromatic nitrogens is 2. The molecule has 1 aromatic heterocycles. The van der Waals surface area contributed by atoms with E-state index in [4.69, 9.17) is 5.73 Å². The highest BCUT2D eigenvalue weighted by atomic mass is 16.1. The van der Waals surface area contributed by atoms with E-state index < -0.39 is 0 Å². The second-order valence-corrected chi connectivity index (χ2v) is 6.44. The number of benzene rings is 2. The molecule has 2 aromatic carbocycles. The average Bonchev–Trinajstić information content (AvgIpc) is 2.60. The molecular formula is C20H24N4O. The molecule has 0 saturated carbocycles. The number of hydrogen-bond donors (Lipinski definition) is 2. The number of para-hydroxylation sites is 1. The molecular weight excluding hydrogens is 312 g/mol. The lowest BCUT2D eigenvalue weighted by molar-refractivity contribution is 0.181. The molecule has 0 saturated heterocycles. The highest BCUT2D eigenvalue weighted by molar-refractivity contribution is 5.77. The number of nitrogens with two attached hydrogens (primary N) is 1. The maximum atomic E-state index is 12.3. The normalized spacial score (nSPS) is 12.6. The van der Waals surface area contributed by atoms with Crippen molar-refractivity contribution in [3.05, 3.63) is 70.3 Å². The summed E-state index contributed by atoms with van der Waals surface area (Å²) in [4.78, 5) is 22.2. The minimum absolute atomic E-state index is 0.0892. The molecule has 0 aliphatic carbocycles. The zero-order valence-electron chi connectivity index (χ0n) is 14.7. The summed E-state index contributed by atoms with van der Waals surface area (Å²) in [6, 6.07) is 15.7. The van der Waals surface area contributed by atoms with Crippen LogP contribution < -0.4 is 11.3 Å². The summed E-state index contributed by atoms with van der Waals surface area (Å²) < 4.78 is 0. The minimum Gasteiger partial charge on any atom is -0.399 e. The Morgan fingerprint density at radius 3 is 2.72 bits per heavy atom. The number of fused-ring (bicyclic) bond motifs is 1. The Morgan fingerprint density at radius 2 is 1.96 bits per heavy atom. The lowest BCUT2D eigenvalue weighted by Crippen LogP contribution is -2.33. The summed E-state index contributed by atoms with van der Waals surface area (Å²) >= 11 is 0. The number of H-pyrrole nitrogens is 1. The third kappa shape index (κ3) is 4.06. The molecule has 3 aromatic rings. The number of aromatic amines is 1. The van der Waals surface area contributed by atoms with Gasteiger partial charge in [-0.2, -0.15) is 0 Å². The van der Waals surface area contributed by atoms with Gasteiger partial charge in [0.15, 0.2) is 0 Å².